The van der Waals surface area contributed by atoms with Crippen molar-refractivity contribution in [3.8, 4) is 0 Å². The zero-order valence-electron chi connectivity index (χ0n) is 13.3. The summed E-state index contributed by atoms with van der Waals surface area (Å²) in [5, 5.41) is 2.71. The monoisotopic (exact) mass is 332 g/mol. The highest BCUT2D eigenvalue weighted by molar-refractivity contribution is 5.91. The average Bonchev–Trinajstić information content (AvgIpc) is 2.54. The molecule has 0 bridgehead atoms. The van der Waals surface area contributed by atoms with E-state index in [-0.39, 0.29) is 43.0 Å². The highest BCUT2D eigenvalue weighted by Gasteiger charge is 2.12. The summed E-state index contributed by atoms with van der Waals surface area (Å²) in [6.07, 6.45) is 0.136. The lowest BCUT2D eigenvalue weighted by Crippen LogP contribution is -2.38. The molecule has 2 rings (SSSR count). The number of hydrogen-bond donors (Lipinski definition) is 1. The molecule has 0 saturated heterocycles. The third-order valence-corrected chi connectivity index (χ3v) is 3.45. The van der Waals surface area contributed by atoms with E-state index in [0.29, 0.717) is 11.3 Å². The Balaban J connectivity index is 1.86. The molecule has 0 aliphatic carbocycles. The second-order valence-corrected chi connectivity index (χ2v) is 5.30. The van der Waals surface area contributed by atoms with Crippen molar-refractivity contribution in [3.05, 3.63) is 65.7 Å². The molecule has 0 spiro atoms. The van der Waals surface area contributed by atoms with Gasteiger partial charge in [0.1, 0.15) is 11.6 Å². The van der Waals surface area contributed by atoms with E-state index in [1.807, 2.05) is 0 Å². The van der Waals surface area contributed by atoms with Crippen LogP contribution in [0.15, 0.2) is 48.5 Å². The second kappa shape index (κ2) is 8.19. The Labute approximate surface area is 139 Å². The van der Waals surface area contributed by atoms with Gasteiger partial charge in [-0.3, -0.25) is 9.59 Å². The Morgan fingerprint density at radius 3 is 2.04 bits per heavy atom. The maximum absolute atomic E-state index is 13.0. The molecule has 0 fully saturated rings. The fourth-order valence-corrected chi connectivity index (χ4v) is 2.25. The van der Waals surface area contributed by atoms with Crippen molar-refractivity contribution in [2.75, 3.05) is 18.0 Å². The quantitative estimate of drug-likeness (QED) is 0.884. The summed E-state index contributed by atoms with van der Waals surface area (Å²) in [6.45, 7) is 1.94. The lowest BCUT2D eigenvalue weighted by Gasteiger charge is -2.21. The molecule has 0 heterocycles. The van der Waals surface area contributed by atoms with E-state index in [4.69, 9.17) is 0 Å². The van der Waals surface area contributed by atoms with Crippen LogP contribution in [0.2, 0.25) is 0 Å². The highest BCUT2D eigenvalue weighted by atomic mass is 19.1. The lowest BCUT2D eigenvalue weighted by molar-refractivity contribution is -0.121. The first-order valence-electron chi connectivity index (χ1n) is 7.50. The molecule has 0 atom stereocenters. The summed E-state index contributed by atoms with van der Waals surface area (Å²) in [5.74, 6) is -1.15. The van der Waals surface area contributed by atoms with Crippen molar-refractivity contribution in [1.29, 1.82) is 0 Å². The molecule has 0 radical (unpaired) electrons. The summed E-state index contributed by atoms with van der Waals surface area (Å²) in [5.41, 5.74) is 1.27. The van der Waals surface area contributed by atoms with Crippen LogP contribution in [0, 0.1) is 11.6 Å². The van der Waals surface area contributed by atoms with Crippen LogP contribution in [0.1, 0.15) is 12.5 Å². The predicted octanol–water partition coefficient (Wildman–Crippen LogP) is 2.68. The van der Waals surface area contributed by atoms with Crippen LogP contribution in [-0.2, 0) is 16.0 Å². The largest absolute Gasteiger partial charge is 0.354 e. The number of rotatable bonds is 6. The summed E-state index contributed by atoms with van der Waals surface area (Å²) >= 11 is 0. The molecule has 0 aromatic heterocycles. The van der Waals surface area contributed by atoms with Crippen LogP contribution in [0.25, 0.3) is 0 Å². The minimum absolute atomic E-state index is 0.136. The number of benzene rings is 2. The van der Waals surface area contributed by atoms with Crippen molar-refractivity contribution in [3.63, 3.8) is 0 Å². The van der Waals surface area contributed by atoms with Crippen molar-refractivity contribution in [2.24, 2.45) is 0 Å². The zero-order chi connectivity index (χ0) is 17.5. The first-order chi connectivity index (χ1) is 11.5. The number of carbonyl (C=O) groups is 2. The van der Waals surface area contributed by atoms with E-state index in [1.165, 1.54) is 48.2 Å². The SMILES string of the molecule is CC(=O)N(CCNC(=O)Cc1ccc(F)cc1)c1ccc(F)cc1. The van der Waals surface area contributed by atoms with E-state index in [1.54, 1.807) is 12.1 Å². The van der Waals surface area contributed by atoms with Crippen molar-refractivity contribution >= 4 is 17.5 Å². The first kappa shape index (κ1) is 17.6. The van der Waals surface area contributed by atoms with E-state index < -0.39 is 0 Å². The van der Waals surface area contributed by atoms with Gasteiger partial charge < -0.3 is 10.2 Å². The van der Waals surface area contributed by atoms with Crippen LogP contribution in [0.3, 0.4) is 0 Å². The van der Waals surface area contributed by atoms with Gasteiger partial charge in [0, 0.05) is 25.7 Å². The molecule has 2 aromatic rings. The molecule has 4 nitrogen and oxygen atoms in total. The minimum atomic E-state index is -0.380. The van der Waals surface area contributed by atoms with Crippen LogP contribution in [-0.4, -0.2) is 24.9 Å². The average molecular weight is 332 g/mol. The van der Waals surface area contributed by atoms with Gasteiger partial charge >= 0.3 is 0 Å². The standard InChI is InChI=1S/C18H18F2N2O2/c1-13(23)22(17-8-6-16(20)7-9-17)11-10-21-18(24)12-14-2-4-15(19)5-3-14/h2-9H,10-12H2,1H3,(H,21,24). The van der Waals surface area contributed by atoms with Crippen LogP contribution >= 0.6 is 0 Å². The zero-order valence-corrected chi connectivity index (χ0v) is 13.3. The smallest absolute Gasteiger partial charge is 0.224 e. The Hall–Kier alpha value is -2.76. The minimum Gasteiger partial charge on any atom is -0.354 e. The van der Waals surface area contributed by atoms with Gasteiger partial charge in [-0.1, -0.05) is 12.1 Å². The molecule has 0 saturated carbocycles. The first-order valence-corrected chi connectivity index (χ1v) is 7.50. The molecule has 0 unspecified atom stereocenters. The van der Waals surface area contributed by atoms with E-state index in [0.717, 1.165) is 0 Å². The third kappa shape index (κ3) is 5.15. The molecule has 2 amide bonds. The van der Waals surface area contributed by atoms with Gasteiger partial charge in [0.05, 0.1) is 6.42 Å². The summed E-state index contributed by atoms with van der Waals surface area (Å²) in [4.78, 5) is 25.0. The number of amides is 2. The Bertz CT molecular complexity index is 700. The lowest BCUT2D eigenvalue weighted by atomic mass is 10.1. The normalized spacial score (nSPS) is 10.3. The maximum atomic E-state index is 13.0. The molecule has 24 heavy (non-hydrogen) atoms. The number of anilines is 1. The molecule has 6 heteroatoms. The van der Waals surface area contributed by atoms with E-state index in [9.17, 15) is 18.4 Å². The van der Waals surface area contributed by atoms with Crippen LogP contribution in [0.5, 0.6) is 0 Å². The fraction of sp³-hybridized carbons (Fsp3) is 0.222. The Morgan fingerprint density at radius 1 is 0.958 bits per heavy atom. The van der Waals surface area contributed by atoms with Gasteiger partial charge in [0.25, 0.3) is 0 Å². The number of nitrogens with one attached hydrogen (secondary N) is 1. The number of halogens is 2. The number of nitrogens with zero attached hydrogens (tertiary/aromatic N) is 1. The maximum Gasteiger partial charge on any atom is 0.224 e. The molecule has 126 valence electrons. The molecular weight excluding hydrogens is 314 g/mol. The molecule has 0 aliphatic rings. The van der Waals surface area contributed by atoms with Gasteiger partial charge in [-0.25, -0.2) is 8.78 Å². The van der Waals surface area contributed by atoms with E-state index >= 15 is 0 Å². The number of carbonyl (C=O) groups excluding carboxylic acids is 2. The third-order valence-electron chi connectivity index (χ3n) is 3.45. The van der Waals surface area contributed by atoms with Gasteiger partial charge in [0.15, 0.2) is 0 Å². The van der Waals surface area contributed by atoms with Gasteiger partial charge in [-0.2, -0.15) is 0 Å². The second-order valence-electron chi connectivity index (χ2n) is 5.30. The van der Waals surface area contributed by atoms with Gasteiger partial charge in [-0.05, 0) is 42.0 Å². The van der Waals surface area contributed by atoms with Crippen LogP contribution in [0.4, 0.5) is 14.5 Å². The Kier molecular flexibility index (Phi) is 6.01. The fourth-order valence-electron chi connectivity index (χ4n) is 2.25. The molecule has 0 aliphatic heterocycles. The van der Waals surface area contributed by atoms with E-state index in [2.05, 4.69) is 5.32 Å². The molecule has 1 N–H and O–H groups in total. The van der Waals surface area contributed by atoms with Gasteiger partial charge in [-0.15, -0.1) is 0 Å². The van der Waals surface area contributed by atoms with Gasteiger partial charge in [0.2, 0.25) is 11.8 Å². The topological polar surface area (TPSA) is 49.4 Å². The molecule has 2 aromatic carbocycles. The molecular formula is C18H18F2N2O2. The summed E-state index contributed by atoms with van der Waals surface area (Å²) in [6, 6.07) is 11.3. The highest BCUT2D eigenvalue weighted by Crippen LogP contribution is 2.14. The van der Waals surface area contributed by atoms with Crippen molar-refractivity contribution in [2.45, 2.75) is 13.3 Å². The van der Waals surface area contributed by atoms with Crippen LogP contribution < -0.4 is 10.2 Å². The predicted molar refractivity (Wildman–Crippen MR) is 87.5 cm³/mol. The summed E-state index contributed by atoms with van der Waals surface area (Å²) in [7, 11) is 0. The van der Waals surface area contributed by atoms with Crippen molar-refractivity contribution < 1.29 is 18.4 Å². The van der Waals surface area contributed by atoms with Crippen molar-refractivity contribution in [1.82, 2.24) is 5.32 Å². The number of hydrogen-bond acceptors (Lipinski definition) is 2. The Morgan fingerprint density at radius 2 is 1.50 bits per heavy atom. The summed E-state index contributed by atoms with van der Waals surface area (Å²) < 4.78 is 25.8.